The number of hydrogen-bond acceptors (Lipinski definition) is 6. The van der Waals surface area contributed by atoms with Gasteiger partial charge in [0.1, 0.15) is 0 Å². The average Bonchev–Trinajstić information content (AvgIpc) is 3.17. The summed E-state index contributed by atoms with van der Waals surface area (Å²) in [6.07, 6.45) is 0.716. The van der Waals surface area contributed by atoms with E-state index >= 15 is 0 Å². The van der Waals surface area contributed by atoms with Crippen LogP contribution in [0.3, 0.4) is 0 Å². The van der Waals surface area contributed by atoms with Crippen molar-refractivity contribution in [3.05, 3.63) is 64.7 Å². The fraction of sp³-hybridized carbons (Fsp3) is 0.227. The summed E-state index contributed by atoms with van der Waals surface area (Å²) in [5.41, 5.74) is 2.79. The Morgan fingerprint density at radius 1 is 1.13 bits per heavy atom. The molecule has 1 fully saturated rings. The SMILES string of the molecule is N#Cc1cccc(NC(=O)NC(=O)c2cccc3c2CN(C2CCC(=O)NC2=O)C3)c1. The predicted molar refractivity (Wildman–Crippen MR) is 110 cm³/mol. The van der Waals surface area contributed by atoms with Gasteiger partial charge in [-0.2, -0.15) is 5.26 Å². The molecular weight excluding hydrogens is 398 g/mol. The lowest BCUT2D eigenvalue weighted by Crippen LogP contribution is -2.50. The molecule has 4 rings (SSSR count). The fourth-order valence-electron chi connectivity index (χ4n) is 3.91. The van der Waals surface area contributed by atoms with Crippen molar-refractivity contribution in [3.8, 4) is 6.07 Å². The van der Waals surface area contributed by atoms with Gasteiger partial charge in [0.2, 0.25) is 11.8 Å². The molecule has 9 nitrogen and oxygen atoms in total. The lowest BCUT2D eigenvalue weighted by atomic mass is 10.0. The topological polar surface area (TPSA) is 131 Å². The van der Waals surface area contributed by atoms with Gasteiger partial charge in [-0.15, -0.1) is 0 Å². The van der Waals surface area contributed by atoms with Crippen molar-refractivity contribution in [1.82, 2.24) is 15.5 Å². The molecule has 9 heteroatoms. The Morgan fingerprint density at radius 3 is 2.71 bits per heavy atom. The van der Waals surface area contributed by atoms with Gasteiger partial charge in [-0.1, -0.05) is 18.2 Å². The number of amides is 5. The number of nitriles is 1. The van der Waals surface area contributed by atoms with Crippen LogP contribution in [0.15, 0.2) is 42.5 Å². The Bertz CT molecular complexity index is 1140. The monoisotopic (exact) mass is 417 g/mol. The summed E-state index contributed by atoms with van der Waals surface area (Å²) in [5, 5.41) is 16.1. The van der Waals surface area contributed by atoms with E-state index in [0.29, 0.717) is 36.3 Å². The third-order valence-electron chi connectivity index (χ3n) is 5.38. The second-order valence-corrected chi connectivity index (χ2v) is 7.42. The Labute approximate surface area is 178 Å². The minimum absolute atomic E-state index is 0.274. The maximum atomic E-state index is 12.8. The van der Waals surface area contributed by atoms with Gasteiger partial charge >= 0.3 is 6.03 Å². The van der Waals surface area contributed by atoms with Gasteiger partial charge in [0, 0.05) is 30.8 Å². The van der Waals surface area contributed by atoms with E-state index in [1.807, 2.05) is 17.0 Å². The predicted octanol–water partition coefficient (Wildman–Crippen LogP) is 1.64. The first-order chi connectivity index (χ1) is 14.9. The maximum Gasteiger partial charge on any atom is 0.326 e. The number of benzene rings is 2. The molecule has 0 aromatic heterocycles. The lowest BCUT2D eigenvalue weighted by molar-refractivity contribution is -0.137. The van der Waals surface area contributed by atoms with Crippen molar-refractivity contribution in [2.75, 3.05) is 5.32 Å². The molecule has 2 aliphatic heterocycles. The third kappa shape index (κ3) is 4.29. The van der Waals surface area contributed by atoms with E-state index in [1.54, 1.807) is 30.3 Å². The summed E-state index contributed by atoms with van der Waals surface area (Å²) in [4.78, 5) is 50.5. The first kappa shape index (κ1) is 20.3. The number of piperidine rings is 1. The lowest BCUT2D eigenvalue weighted by Gasteiger charge is -2.29. The van der Waals surface area contributed by atoms with Crippen molar-refractivity contribution < 1.29 is 19.2 Å². The van der Waals surface area contributed by atoms with Crippen LogP contribution < -0.4 is 16.0 Å². The van der Waals surface area contributed by atoms with E-state index in [-0.39, 0.29) is 18.2 Å². The first-order valence-electron chi connectivity index (χ1n) is 9.75. The minimum atomic E-state index is -0.710. The van der Waals surface area contributed by atoms with E-state index in [9.17, 15) is 19.2 Å². The van der Waals surface area contributed by atoms with Gasteiger partial charge in [-0.05, 0) is 41.8 Å². The molecule has 5 amide bonds. The van der Waals surface area contributed by atoms with Crippen molar-refractivity contribution in [2.45, 2.75) is 32.0 Å². The Hall–Kier alpha value is -4.03. The zero-order valence-corrected chi connectivity index (χ0v) is 16.5. The molecule has 2 aromatic rings. The zero-order chi connectivity index (χ0) is 22.0. The summed E-state index contributed by atoms with van der Waals surface area (Å²) in [5.74, 6) is -1.16. The summed E-state index contributed by atoms with van der Waals surface area (Å²) in [6.45, 7) is 0.854. The number of urea groups is 1. The number of anilines is 1. The Kier molecular flexibility index (Phi) is 5.47. The van der Waals surface area contributed by atoms with Crippen LogP contribution in [0.4, 0.5) is 10.5 Å². The molecule has 1 unspecified atom stereocenters. The van der Waals surface area contributed by atoms with Crippen LogP contribution in [0.5, 0.6) is 0 Å². The highest BCUT2D eigenvalue weighted by Gasteiger charge is 2.36. The standard InChI is InChI=1S/C22H19N5O4/c23-10-13-3-1-5-15(9-13)24-22(31)26-20(29)16-6-2-4-14-11-27(12-17(14)16)18-7-8-19(28)25-21(18)30/h1-6,9,18H,7-8,11-12H2,(H,25,28,30)(H2,24,26,29,31). The van der Waals surface area contributed by atoms with E-state index < -0.39 is 18.0 Å². The molecule has 0 bridgehead atoms. The largest absolute Gasteiger partial charge is 0.326 e. The fourth-order valence-corrected chi connectivity index (χ4v) is 3.91. The average molecular weight is 417 g/mol. The van der Waals surface area contributed by atoms with Crippen LogP contribution in [0.1, 0.15) is 39.9 Å². The quantitative estimate of drug-likeness (QED) is 0.651. The normalized spacial score (nSPS) is 18.0. The molecule has 2 aliphatic rings. The van der Waals surface area contributed by atoms with Gasteiger partial charge < -0.3 is 5.32 Å². The Balaban J connectivity index is 1.45. The molecule has 31 heavy (non-hydrogen) atoms. The molecule has 1 atom stereocenters. The maximum absolute atomic E-state index is 12.8. The highest BCUT2D eigenvalue weighted by Crippen LogP contribution is 2.29. The van der Waals surface area contributed by atoms with Crippen LogP contribution >= 0.6 is 0 Å². The number of imide groups is 2. The van der Waals surface area contributed by atoms with Crippen molar-refractivity contribution in [3.63, 3.8) is 0 Å². The van der Waals surface area contributed by atoms with E-state index in [0.717, 1.165) is 11.1 Å². The number of carbonyl (C=O) groups excluding carboxylic acids is 4. The second-order valence-electron chi connectivity index (χ2n) is 7.42. The van der Waals surface area contributed by atoms with E-state index in [1.165, 1.54) is 6.07 Å². The van der Waals surface area contributed by atoms with E-state index in [2.05, 4.69) is 16.0 Å². The molecular formula is C22H19N5O4. The van der Waals surface area contributed by atoms with Crippen molar-refractivity contribution in [1.29, 1.82) is 5.26 Å². The number of hydrogen-bond donors (Lipinski definition) is 3. The smallest absolute Gasteiger partial charge is 0.308 e. The van der Waals surface area contributed by atoms with Crippen LogP contribution in [0, 0.1) is 11.3 Å². The zero-order valence-electron chi connectivity index (χ0n) is 16.5. The third-order valence-corrected chi connectivity index (χ3v) is 5.38. The molecule has 0 spiro atoms. The molecule has 0 radical (unpaired) electrons. The molecule has 0 aliphatic carbocycles. The van der Waals surface area contributed by atoms with E-state index in [4.69, 9.17) is 5.26 Å². The number of fused-ring (bicyclic) bond motifs is 1. The Morgan fingerprint density at radius 2 is 1.94 bits per heavy atom. The van der Waals surface area contributed by atoms with Gasteiger partial charge in [0.05, 0.1) is 17.7 Å². The molecule has 1 saturated heterocycles. The van der Waals surface area contributed by atoms with Crippen LogP contribution in [-0.2, 0) is 22.7 Å². The first-order valence-corrected chi connectivity index (χ1v) is 9.75. The van der Waals surface area contributed by atoms with Gasteiger partial charge in [-0.25, -0.2) is 4.79 Å². The second kappa shape index (κ2) is 8.38. The summed E-state index contributed by atoms with van der Waals surface area (Å²) in [6, 6.07) is 12.4. The molecule has 0 saturated carbocycles. The summed E-state index contributed by atoms with van der Waals surface area (Å²) >= 11 is 0. The highest BCUT2D eigenvalue weighted by molar-refractivity contribution is 6.08. The minimum Gasteiger partial charge on any atom is -0.308 e. The molecule has 156 valence electrons. The highest BCUT2D eigenvalue weighted by atomic mass is 16.2. The number of rotatable bonds is 3. The van der Waals surface area contributed by atoms with Crippen molar-refractivity contribution in [2.24, 2.45) is 0 Å². The van der Waals surface area contributed by atoms with Crippen LogP contribution in [-0.4, -0.2) is 34.7 Å². The van der Waals surface area contributed by atoms with Crippen molar-refractivity contribution >= 4 is 29.4 Å². The van der Waals surface area contributed by atoms with Gasteiger partial charge in [0.15, 0.2) is 0 Å². The number of carbonyl (C=O) groups is 4. The molecule has 2 heterocycles. The molecule has 2 aromatic carbocycles. The van der Waals surface area contributed by atoms with Gasteiger partial charge in [0.25, 0.3) is 5.91 Å². The molecule has 3 N–H and O–H groups in total. The number of nitrogens with zero attached hydrogens (tertiary/aromatic N) is 2. The summed E-state index contributed by atoms with van der Waals surface area (Å²) < 4.78 is 0. The van der Waals surface area contributed by atoms with Gasteiger partial charge in [-0.3, -0.25) is 29.9 Å². The van der Waals surface area contributed by atoms with Crippen LogP contribution in [0.25, 0.3) is 0 Å². The van der Waals surface area contributed by atoms with Crippen LogP contribution in [0.2, 0.25) is 0 Å². The number of nitrogens with one attached hydrogen (secondary N) is 3. The summed E-state index contributed by atoms with van der Waals surface area (Å²) in [7, 11) is 0.